The second kappa shape index (κ2) is 11.5. The summed E-state index contributed by atoms with van der Waals surface area (Å²) in [7, 11) is 1.57. The lowest BCUT2D eigenvalue weighted by Crippen LogP contribution is -2.36. The number of fused-ring (bicyclic) bond motifs is 1. The van der Waals surface area contributed by atoms with Gasteiger partial charge >= 0.3 is 6.09 Å². The Labute approximate surface area is 221 Å². The predicted octanol–water partition coefficient (Wildman–Crippen LogP) is 5.15. The number of ether oxygens (including phenoxy) is 2. The fraction of sp³-hybridized carbons (Fsp3) is 0.538. The molecule has 3 heterocycles. The SMILES string of the molecule is CNC(=O)OCC1CCC(n2c(Nc3cccc(Cl)c3)nc3cnc(N[C@H]4CCOC[C@H]4C)nc32)CC1. The number of halogens is 1. The van der Waals surface area contributed by atoms with E-state index in [1.165, 1.54) is 0 Å². The summed E-state index contributed by atoms with van der Waals surface area (Å²) in [5.41, 5.74) is 2.39. The van der Waals surface area contributed by atoms with Crippen molar-refractivity contribution >= 4 is 46.4 Å². The molecule has 0 bridgehead atoms. The molecular weight excluding hydrogens is 494 g/mol. The van der Waals surface area contributed by atoms with E-state index in [0.29, 0.717) is 35.4 Å². The number of carbonyl (C=O) groups excluding carboxylic acids is 1. The summed E-state index contributed by atoms with van der Waals surface area (Å²) in [5.74, 6) is 2.04. The van der Waals surface area contributed by atoms with Crippen LogP contribution in [0.2, 0.25) is 5.02 Å². The van der Waals surface area contributed by atoms with Crippen molar-refractivity contribution in [3.05, 3.63) is 35.5 Å². The van der Waals surface area contributed by atoms with Gasteiger partial charge in [0.1, 0.15) is 5.52 Å². The van der Waals surface area contributed by atoms with Gasteiger partial charge in [0.15, 0.2) is 5.65 Å². The number of aromatic nitrogens is 4. The lowest BCUT2D eigenvalue weighted by molar-refractivity contribution is 0.0536. The Balaban J connectivity index is 1.41. The Bertz CT molecular complexity index is 1230. The maximum atomic E-state index is 11.5. The first-order valence-corrected chi connectivity index (χ1v) is 13.3. The lowest BCUT2D eigenvalue weighted by atomic mass is 9.86. The van der Waals surface area contributed by atoms with Crippen molar-refractivity contribution in [3.8, 4) is 0 Å². The first-order valence-electron chi connectivity index (χ1n) is 13.0. The highest BCUT2D eigenvalue weighted by Gasteiger charge is 2.28. The molecule has 1 aliphatic heterocycles. The quantitative estimate of drug-likeness (QED) is 0.386. The molecule has 0 unspecified atom stereocenters. The van der Waals surface area contributed by atoms with Gasteiger partial charge in [-0.25, -0.2) is 14.8 Å². The van der Waals surface area contributed by atoms with Gasteiger partial charge < -0.3 is 25.4 Å². The molecule has 1 saturated carbocycles. The molecule has 1 aliphatic carbocycles. The van der Waals surface area contributed by atoms with Crippen molar-refractivity contribution in [1.82, 2.24) is 24.8 Å². The van der Waals surface area contributed by atoms with E-state index in [0.717, 1.165) is 62.2 Å². The Morgan fingerprint density at radius 3 is 2.81 bits per heavy atom. The zero-order valence-corrected chi connectivity index (χ0v) is 22.0. The topological polar surface area (TPSA) is 115 Å². The molecule has 2 atom stereocenters. The van der Waals surface area contributed by atoms with Gasteiger partial charge in [0, 0.05) is 36.4 Å². The summed E-state index contributed by atoms with van der Waals surface area (Å²) < 4.78 is 13.1. The molecule has 0 spiro atoms. The van der Waals surface area contributed by atoms with E-state index in [1.54, 1.807) is 13.2 Å². The molecule has 1 saturated heterocycles. The fourth-order valence-corrected chi connectivity index (χ4v) is 5.38. The number of rotatable bonds is 7. The van der Waals surface area contributed by atoms with Crippen LogP contribution in [0.5, 0.6) is 0 Å². The van der Waals surface area contributed by atoms with Gasteiger partial charge in [-0.05, 0) is 62.1 Å². The van der Waals surface area contributed by atoms with E-state index < -0.39 is 0 Å². The van der Waals surface area contributed by atoms with Crippen molar-refractivity contribution in [2.45, 2.75) is 51.1 Å². The molecule has 3 aromatic rings. The number of hydrogen-bond acceptors (Lipinski definition) is 8. The van der Waals surface area contributed by atoms with Crippen LogP contribution >= 0.6 is 11.6 Å². The Morgan fingerprint density at radius 2 is 2.05 bits per heavy atom. The van der Waals surface area contributed by atoms with Crippen molar-refractivity contribution in [2.75, 3.05) is 37.5 Å². The summed E-state index contributed by atoms with van der Waals surface area (Å²) in [4.78, 5) is 25.9. The minimum absolute atomic E-state index is 0.202. The number of benzene rings is 1. The third-order valence-electron chi connectivity index (χ3n) is 7.30. The van der Waals surface area contributed by atoms with Crippen LogP contribution in [0.4, 0.5) is 22.4 Å². The highest BCUT2D eigenvalue weighted by Crippen LogP contribution is 2.37. The van der Waals surface area contributed by atoms with Crippen molar-refractivity contribution in [3.63, 3.8) is 0 Å². The van der Waals surface area contributed by atoms with Gasteiger partial charge in [-0.3, -0.25) is 4.57 Å². The van der Waals surface area contributed by atoms with Crippen LogP contribution in [-0.2, 0) is 9.47 Å². The molecule has 0 radical (unpaired) electrons. The van der Waals surface area contributed by atoms with Crippen LogP contribution in [0, 0.1) is 11.8 Å². The second-order valence-electron chi connectivity index (χ2n) is 9.96. The number of anilines is 3. The van der Waals surface area contributed by atoms with Crippen LogP contribution < -0.4 is 16.0 Å². The number of alkyl carbamates (subject to hydrolysis) is 1. The van der Waals surface area contributed by atoms with Crippen molar-refractivity contribution in [1.29, 1.82) is 0 Å². The van der Waals surface area contributed by atoms with Crippen molar-refractivity contribution < 1.29 is 14.3 Å². The monoisotopic (exact) mass is 527 g/mol. The van der Waals surface area contributed by atoms with E-state index in [1.807, 2.05) is 24.3 Å². The van der Waals surface area contributed by atoms with E-state index in [-0.39, 0.29) is 18.2 Å². The molecule has 1 amide bonds. The van der Waals surface area contributed by atoms with E-state index in [2.05, 4.69) is 32.4 Å². The molecule has 3 N–H and O–H groups in total. The van der Waals surface area contributed by atoms with Gasteiger partial charge in [0.25, 0.3) is 0 Å². The Kier molecular flexibility index (Phi) is 7.95. The van der Waals surface area contributed by atoms with Crippen LogP contribution in [-0.4, -0.2) is 58.5 Å². The smallest absolute Gasteiger partial charge is 0.406 e. The lowest BCUT2D eigenvalue weighted by Gasteiger charge is -2.30. The summed E-state index contributed by atoms with van der Waals surface area (Å²) in [6, 6.07) is 8.07. The van der Waals surface area contributed by atoms with Gasteiger partial charge in [-0.1, -0.05) is 24.6 Å². The average Bonchev–Trinajstić information content (AvgIpc) is 3.26. The predicted molar refractivity (Wildman–Crippen MR) is 143 cm³/mol. The molecule has 11 heteroatoms. The second-order valence-corrected chi connectivity index (χ2v) is 10.4. The molecule has 2 aromatic heterocycles. The average molecular weight is 528 g/mol. The number of hydrogen-bond donors (Lipinski definition) is 3. The first-order chi connectivity index (χ1) is 18.0. The summed E-state index contributed by atoms with van der Waals surface area (Å²) in [5, 5.41) is 10.1. The third-order valence-corrected chi connectivity index (χ3v) is 7.54. The molecule has 2 aliphatic rings. The van der Waals surface area contributed by atoms with Crippen LogP contribution in [0.15, 0.2) is 30.5 Å². The number of nitrogens with one attached hydrogen (secondary N) is 3. The van der Waals surface area contributed by atoms with Crippen LogP contribution in [0.3, 0.4) is 0 Å². The Morgan fingerprint density at radius 1 is 1.22 bits per heavy atom. The van der Waals surface area contributed by atoms with Crippen LogP contribution in [0.25, 0.3) is 11.2 Å². The minimum Gasteiger partial charge on any atom is -0.449 e. The van der Waals surface area contributed by atoms with Crippen molar-refractivity contribution in [2.24, 2.45) is 11.8 Å². The minimum atomic E-state index is -0.383. The third kappa shape index (κ3) is 6.07. The summed E-state index contributed by atoms with van der Waals surface area (Å²) >= 11 is 6.23. The van der Waals surface area contributed by atoms with E-state index in [9.17, 15) is 4.79 Å². The zero-order valence-electron chi connectivity index (χ0n) is 21.2. The fourth-order valence-electron chi connectivity index (χ4n) is 5.19. The van der Waals surface area contributed by atoms with Gasteiger partial charge in [-0.2, -0.15) is 4.98 Å². The molecule has 1 aromatic carbocycles. The van der Waals surface area contributed by atoms with E-state index in [4.69, 9.17) is 31.0 Å². The maximum Gasteiger partial charge on any atom is 0.406 e. The molecule has 2 fully saturated rings. The number of imidazole rings is 1. The molecule has 5 rings (SSSR count). The maximum absolute atomic E-state index is 11.5. The van der Waals surface area contributed by atoms with Gasteiger partial charge in [-0.15, -0.1) is 0 Å². The van der Waals surface area contributed by atoms with Crippen LogP contribution in [0.1, 0.15) is 45.1 Å². The highest BCUT2D eigenvalue weighted by molar-refractivity contribution is 6.30. The summed E-state index contributed by atoms with van der Waals surface area (Å²) in [6.07, 6.45) is 6.10. The summed E-state index contributed by atoms with van der Waals surface area (Å²) in [6.45, 7) is 4.09. The van der Waals surface area contributed by atoms with Gasteiger partial charge in [0.2, 0.25) is 11.9 Å². The molecular formula is C26H34ClN7O3. The molecule has 198 valence electrons. The number of amides is 1. The van der Waals surface area contributed by atoms with E-state index >= 15 is 0 Å². The van der Waals surface area contributed by atoms with Gasteiger partial charge in [0.05, 0.1) is 19.4 Å². The largest absolute Gasteiger partial charge is 0.449 e. The molecule has 37 heavy (non-hydrogen) atoms. The number of carbonyl (C=O) groups is 1. The first kappa shape index (κ1) is 25.5. The zero-order chi connectivity index (χ0) is 25.8. The normalized spacial score (nSPS) is 24.0. The highest BCUT2D eigenvalue weighted by atomic mass is 35.5. The molecule has 10 nitrogen and oxygen atoms in total. The number of nitrogens with zero attached hydrogens (tertiary/aromatic N) is 4. The standard InChI is InChI=1S/C26H34ClN7O3/c1-16-14-36-11-10-21(16)31-24-29-13-22-23(33-24)34(25(32-22)30-19-5-3-4-18(27)12-19)20-8-6-17(7-9-20)15-37-26(35)28-2/h3-5,12-13,16-17,20-21H,6-11,14-15H2,1-2H3,(H,28,35)(H,30,32)(H,29,31,33)/t16-,17?,20?,21+/m1/s1. The Hall–Kier alpha value is -3.11.